The summed E-state index contributed by atoms with van der Waals surface area (Å²) in [6.07, 6.45) is 1.06. The Hall–Kier alpha value is -1.93. The van der Waals surface area contributed by atoms with Crippen molar-refractivity contribution in [1.29, 1.82) is 5.26 Å². The van der Waals surface area contributed by atoms with E-state index in [2.05, 4.69) is 5.32 Å². The molecule has 1 heterocycles. The molecule has 1 aliphatic rings. The van der Waals surface area contributed by atoms with Gasteiger partial charge in [0.05, 0.1) is 11.3 Å². The number of anilines is 1. The number of carbonyl (C=O) groups is 1. The van der Waals surface area contributed by atoms with Gasteiger partial charge in [-0.3, -0.25) is 4.79 Å². The van der Waals surface area contributed by atoms with Crippen LogP contribution < -0.4 is 5.32 Å². The van der Waals surface area contributed by atoms with Crippen molar-refractivity contribution >= 4 is 11.6 Å². The van der Waals surface area contributed by atoms with Gasteiger partial charge in [-0.2, -0.15) is 5.26 Å². The van der Waals surface area contributed by atoms with E-state index in [4.69, 9.17) is 10.00 Å². The van der Waals surface area contributed by atoms with Gasteiger partial charge >= 0.3 is 0 Å². The first-order valence-corrected chi connectivity index (χ1v) is 5.33. The molecule has 1 aliphatic heterocycles. The second-order valence-corrected chi connectivity index (χ2v) is 3.79. The Bertz CT molecular complexity index is 476. The topological polar surface area (TPSA) is 62.1 Å². The van der Waals surface area contributed by atoms with Crippen LogP contribution in [0.5, 0.6) is 0 Å². The van der Waals surface area contributed by atoms with Crippen molar-refractivity contribution < 1.29 is 13.9 Å². The van der Waals surface area contributed by atoms with Gasteiger partial charge < -0.3 is 10.1 Å². The Balaban J connectivity index is 2.13. The van der Waals surface area contributed by atoms with Crippen LogP contribution in [0.15, 0.2) is 18.2 Å². The Labute approximate surface area is 98.0 Å². The number of rotatable bonds is 2. The maximum absolute atomic E-state index is 12.9. The van der Waals surface area contributed by atoms with Gasteiger partial charge in [-0.15, -0.1) is 0 Å². The summed E-state index contributed by atoms with van der Waals surface area (Å²) in [6, 6.07) is 5.50. The molecule has 1 aromatic rings. The van der Waals surface area contributed by atoms with Gasteiger partial charge in [0.25, 0.3) is 5.91 Å². The Kier molecular flexibility index (Phi) is 3.35. The van der Waals surface area contributed by atoms with Gasteiger partial charge in [-0.1, -0.05) is 0 Å². The average molecular weight is 234 g/mol. The first-order valence-electron chi connectivity index (χ1n) is 5.33. The number of carbonyl (C=O) groups excluding carboxylic acids is 1. The molecule has 1 saturated heterocycles. The third kappa shape index (κ3) is 2.60. The van der Waals surface area contributed by atoms with Gasteiger partial charge in [0.15, 0.2) is 0 Å². The van der Waals surface area contributed by atoms with Crippen LogP contribution in [-0.4, -0.2) is 18.6 Å². The molecule has 0 radical (unpaired) electrons. The van der Waals surface area contributed by atoms with Crippen molar-refractivity contribution in [1.82, 2.24) is 0 Å². The second kappa shape index (κ2) is 4.93. The summed E-state index contributed by atoms with van der Waals surface area (Å²) in [5.41, 5.74) is 0.422. The first-order chi connectivity index (χ1) is 8.20. The number of amides is 1. The Morgan fingerprint density at radius 1 is 1.59 bits per heavy atom. The molecule has 5 heteroatoms. The number of hydrogen-bond acceptors (Lipinski definition) is 3. The van der Waals surface area contributed by atoms with E-state index in [1.165, 1.54) is 12.1 Å². The molecule has 0 saturated carbocycles. The van der Waals surface area contributed by atoms with Gasteiger partial charge in [0.2, 0.25) is 0 Å². The molecular formula is C12H11FN2O2. The zero-order valence-corrected chi connectivity index (χ0v) is 9.07. The Morgan fingerprint density at radius 2 is 2.41 bits per heavy atom. The number of nitrogens with zero attached hydrogens (tertiary/aromatic N) is 1. The molecule has 0 aromatic heterocycles. The lowest BCUT2D eigenvalue weighted by Gasteiger charge is -2.11. The quantitative estimate of drug-likeness (QED) is 0.848. The largest absolute Gasteiger partial charge is 0.368 e. The zero-order valence-electron chi connectivity index (χ0n) is 9.07. The molecule has 1 fully saturated rings. The van der Waals surface area contributed by atoms with Gasteiger partial charge in [-0.25, -0.2) is 4.39 Å². The summed E-state index contributed by atoms with van der Waals surface area (Å²) in [7, 11) is 0. The average Bonchev–Trinajstić information content (AvgIpc) is 2.85. The zero-order chi connectivity index (χ0) is 12.3. The van der Waals surface area contributed by atoms with Crippen LogP contribution in [0.25, 0.3) is 0 Å². The number of nitrogens with one attached hydrogen (secondary N) is 1. The van der Waals surface area contributed by atoms with Crippen LogP contribution in [0.2, 0.25) is 0 Å². The van der Waals surface area contributed by atoms with Crippen LogP contribution in [-0.2, 0) is 9.53 Å². The third-order valence-electron chi connectivity index (χ3n) is 2.58. The molecule has 1 atom stereocenters. The van der Waals surface area contributed by atoms with E-state index >= 15 is 0 Å². The Morgan fingerprint density at radius 3 is 3.06 bits per heavy atom. The van der Waals surface area contributed by atoms with E-state index in [0.29, 0.717) is 18.7 Å². The molecule has 0 aliphatic carbocycles. The second-order valence-electron chi connectivity index (χ2n) is 3.79. The van der Waals surface area contributed by atoms with Crippen molar-refractivity contribution in [2.24, 2.45) is 0 Å². The highest BCUT2D eigenvalue weighted by Gasteiger charge is 2.24. The van der Waals surface area contributed by atoms with Gasteiger partial charge in [-0.05, 0) is 31.0 Å². The van der Waals surface area contributed by atoms with Crippen molar-refractivity contribution in [3.63, 3.8) is 0 Å². The number of halogens is 1. The molecule has 17 heavy (non-hydrogen) atoms. The fourth-order valence-electron chi connectivity index (χ4n) is 1.72. The summed E-state index contributed by atoms with van der Waals surface area (Å²) in [4.78, 5) is 11.7. The predicted molar refractivity (Wildman–Crippen MR) is 58.7 cm³/mol. The molecule has 4 nitrogen and oxygen atoms in total. The maximum atomic E-state index is 12.9. The van der Waals surface area contributed by atoms with Crippen LogP contribution in [0.3, 0.4) is 0 Å². The van der Waals surface area contributed by atoms with Gasteiger partial charge in [0, 0.05) is 6.61 Å². The summed E-state index contributed by atoms with van der Waals surface area (Å²) < 4.78 is 18.1. The smallest absolute Gasteiger partial charge is 0.253 e. The third-order valence-corrected chi connectivity index (χ3v) is 2.58. The fourth-order valence-corrected chi connectivity index (χ4v) is 1.72. The molecule has 88 valence electrons. The van der Waals surface area contributed by atoms with Crippen LogP contribution >= 0.6 is 0 Å². The highest BCUT2D eigenvalue weighted by Crippen LogP contribution is 2.19. The normalized spacial score (nSPS) is 18.7. The molecule has 2 rings (SSSR count). The molecule has 0 bridgehead atoms. The summed E-state index contributed by atoms with van der Waals surface area (Å²) in [5, 5.41) is 11.4. The van der Waals surface area contributed by atoms with E-state index in [9.17, 15) is 9.18 Å². The molecule has 0 spiro atoms. The van der Waals surface area contributed by atoms with E-state index in [1.54, 1.807) is 0 Å². The minimum absolute atomic E-state index is 0.108. The molecule has 1 N–H and O–H groups in total. The molecule has 1 aromatic carbocycles. The SMILES string of the molecule is N#Cc1cc(F)ccc1NC(=O)C1CCCO1. The number of hydrogen-bond donors (Lipinski definition) is 1. The van der Waals surface area contributed by atoms with Crippen molar-refractivity contribution in [2.45, 2.75) is 18.9 Å². The van der Waals surface area contributed by atoms with Crippen LogP contribution in [0, 0.1) is 17.1 Å². The lowest BCUT2D eigenvalue weighted by atomic mass is 10.1. The maximum Gasteiger partial charge on any atom is 0.253 e. The standard InChI is InChI=1S/C12H11FN2O2/c13-9-3-4-10(8(6-9)7-14)15-12(16)11-2-1-5-17-11/h3-4,6,11H,1-2,5H2,(H,15,16). The highest BCUT2D eigenvalue weighted by molar-refractivity contribution is 5.95. The first kappa shape index (κ1) is 11.6. The van der Waals surface area contributed by atoms with Crippen LogP contribution in [0.4, 0.5) is 10.1 Å². The van der Waals surface area contributed by atoms with Crippen molar-refractivity contribution in [3.05, 3.63) is 29.6 Å². The molecule has 1 amide bonds. The van der Waals surface area contributed by atoms with E-state index in [1.807, 2.05) is 6.07 Å². The van der Waals surface area contributed by atoms with Crippen molar-refractivity contribution in [2.75, 3.05) is 11.9 Å². The molecule has 1 unspecified atom stereocenters. The number of ether oxygens (including phenoxy) is 1. The lowest BCUT2D eigenvalue weighted by molar-refractivity contribution is -0.124. The summed E-state index contributed by atoms with van der Waals surface area (Å²) in [6.45, 7) is 0.576. The van der Waals surface area contributed by atoms with Crippen molar-refractivity contribution in [3.8, 4) is 6.07 Å². The van der Waals surface area contributed by atoms with E-state index in [-0.39, 0.29) is 11.5 Å². The highest BCUT2D eigenvalue weighted by atomic mass is 19.1. The number of benzene rings is 1. The van der Waals surface area contributed by atoms with Gasteiger partial charge in [0.1, 0.15) is 18.0 Å². The monoisotopic (exact) mass is 234 g/mol. The molecular weight excluding hydrogens is 223 g/mol. The van der Waals surface area contributed by atoms with E-state index < -0.39 is 11.9 Å². The minimum Gasteiger partial charge on any atom is -0.368 e. The predicted octanol–water partition coefficient (Wildman–Crippen LogP) is 1.81. The fraction of sp³-hybridized carbons (Fsp3) is 0.333. The van der Waals surface area contributed by atoms with Crippen LogP contribution in [0.1, 0.15) is 18.4 Å². The lowest BCUT2D eigenvalue weighted by Crippen LogP contribution is -2.27. The summed E-state index contributed by atoms with van der Waals surface area (Å²) >= 11 is 0. The minimum atomic E-state index is -0.503. The van der Waals surface area contributed by atoms with E-state index in [0.717, 1.165) is 12.5 Å². The number of nitriles is 1. The summed E-state index contributed by atoms with van der Waals surface area (Å²) in [5.74, 6) is -0.790.